The summed E-state index contributed by atoms with van der Waals surface area (Å²) in [5, 5.41) is 15.7. The quantitative estimate of drug-likeness (QED) is 0.587. The van der Waals surface area contributed by atoms with Crippen LogP contribution in [-0.2, 0) is 14.4 Å². The highest BCUT2D eigenvalue weighted by atomic mass is 32.2. The van der Waals surface area contributed by atoms with Gasteiger partial charge < -0.3 is 19.8 Å². The molecule has 1 amide bonds. The molecule has 0 bridgehead atoms. The lowest BCUT2D eigenvalue weighted by Gasteiger charge is -2.31. The average molecular weight is 500 g/mol. The summed E-state index contributed by atoms with van der Waals surface area (Å²) in [5.41, 5.74) is 3.20. The molecule has 1 atom stereocenters. The fraction of sp³-hybridized carbons (Fsp3) is 0.348. The second-order valence-electron chi connectivity index (χ2n) is 7.39. The van der Waals surface area contributed by atoms with Gasteiger partial charge >= 0.3 is 18.1 Å². The number of hydrogen-bond donors (Lipinski definition) is 2. The maximum absolute atomic E-state index is 12.7. The zero-order chi connectivity index (χ0) is 25.5. The molecule has 1 aliphatic heterocycles. The number of halogens is 3. The maximum Gasteiger partial charge on any atom is 0.490 e. The van der Waals surface area contributed by atoms with Crippen LogP contribution in [-0.4, -0.2) is 58.0 Å². The molecule has 1 saturated heterocycles. The Morgan fingerprint density at radius 2 is 1.74 bits per heavy atom. The van der Waals surface area contributed by atoms with Crippen molar-refractivity contribution in [3.63, 3.8) is 0 Å². The Kier molecular flexibility index (Phi) is 9.36. The number of ether oxygens (including phenoxy) is 1. The van der Waals surface area contributed by atoms with Crippen LogP contribution in [0.3, 0.4) is 0 Å². The average Bonchev–Trinajstić information content (AvgIpc) is 2.76. The topological polar surface area (TPSA) is 104 Å². The number of carboxylic acid groups (broad SMARTS) is 2. The van der Waals surface area contributed by atoms with E-state index in [2.05, 4.69) is 0 Å². The van der Waals surface area contributed by atoms with Gasteiger partial charge in [0, 0.05) is 18.8 Å². The van der Waals surface area contributed by atoms with Crippen molar-refractivity contribution in [3.8, 4) is 11.5 Å². The minimum Gasteiger partial charge on any atom is -0.481 e. The fourth-order valence-corrected chi connectivity index (χ4v) is 4.19. The molecule has 0 radical (unpaired) electrons. The molecule has 11 heteroatoms. The lowest BCUT2D eigenvalue weighted by Crippen LogP contribution is -2.41. The van der Waals surface area contributed by atoms with Crippen molar-refractivity contribution in [2.24, 2.45) is 0 Å². The highest BCUT2D eigenvalue weighted by Crippen LogP contribution is 2.36. The van der Waals surface area contributed by atoms with Crippen LogP contribution < -0.4 is 4.74 Å². The highest BCUT2D eigenvalue weighted by molar-refractivity contribution is 8.00. The number of hydrogen-bond acceptors (Lipinski definition) is 5. The third-order valence-corrected chi connectivity index (χ3v) is 6.21. The molecular formula is C23H24F3NO6S. The number of aryl methyl sites for hydroxylation is 1. The van der Waals surface area contributed by atoms with Gasteiger partial charge in [-0.1, -0.05) is 24.3 Å². The van der Waals surface area contributed by atoms with Crippen LogP contribution in [0.4, 0.5) is 13.2 Å². The lowest BCUT2D eigenvalue weighted by atomic mass is 10.1. The molecule has 2 N–H and O–H groups in total. The van der Waals surface area contributed by atoms with Crippen molar-refractivity contribution in [3.05, 3.63) is 59.2 Å². The molecule has 2 aromatic rings. The summed E-state index contributed by atoms with van der Waals surface area (Å²) in [6.07, 6.45) is -5.11. The van der Waals surface area contributed by atoms with Crippen LogP contribution >= 0.6 is 11.8 Å². The van der Waals surface area contributed by atoms with Gasteiger partial charge in [-0.25, -0.2) is 4.79 Å². The van der Waals surface area contributed by atoms with Gasteiger partial charge in [0.15, 0.2) is 0 Å². The number of aliphatic carboxylic acids is 2. The Labute approximate surface area is 198 Å². The van der Waals surface area contributed by atoms with Crippen LogP contribution in [0.5, 0.6) is 11.5 Å². The van der Waals surface area contributed by atoms with Crippen LogP contribution in [0, 0.1) is 13.8 Å². The first-order valence-electron chi connectivity index (χ1n) is 10.2. The zero-order valence-electron chi connectivity index (χ0n) is 18.5. The number of alkyl halides is 3. The molecule has 0 aromatic heterocycles. The monoisotopic (exact) mass is 499 g/mol. The molecule has 184 valence electrons. The van der Waals surface area contributed by atoms with Crippen molar-refractivity contribution in [2.75, 3.05) is 18.8 Å². The summed E-state index contributed by atoms with van der Waals surface area (Å²) < 4.78 is 37.7. The molecule has 7 nitrogen and oxygen atoms in total. The summed E-state index contributed by atoms with van der Waals surface area (Å²) in [4.78, 5) is 34.0. The van der Waals surface area contributed by atoms with E-state index in [1.165, 1.54) is 5.56 Å². The van der Waals surface area contributed by atoms with Gasteiger partial charge in [0.2, 0.25) is 5.91 Å². The van der Waals surface area contributed by atoms with Gasteiger partial charge in [-0.3, -0.25) is 9.59 Å². The summed E-state index contributed by atoms with van der Waals surface area (Å²) in [6.45, 7) is 4.94. The number of carbonyl (C=O) groups is 3. The Bertz CT molecular complexity index is 1030. The Morgan fingerprint density at radius 1 is 1.12 bits per heavy atom. The maximum atomic E-state index is 12.7. The lowest BCUT2D eigenvalue weighted by molar-refractivity contribution is -0.192. The molecule has 2 aromatic carbocycles. The van der Waals surface area contributed by atoms with Crippen molar-refractivity contribution in [1.29, 1.82) is 0 Å². The van der Waals surface area contributed by atoms with Crippen LogP contribution in [0.15, 0.2) is 42.5 Å². The molecular weight excluding hydrogens is 475 g/mol. The van der Waals surface area contributed by atoms with E-state index in [0.717, 1.165) is 28.4 Å². The van der Waals surface area contributed by atoms with E-state index in [1.807, 2.05) is 56.3 Å². The van der Waals surface area contributed by atoms with E-state index in [0.29, 0.717) is 6.54 Å². The predicted octanol–water partition coefficient (Wildman–Crippen LogP) is 4.82. The molecule has 34 heavy (non-hydrogen) atoms. The summed E-state index contributed by atoms with van der Waals surface area (Å²) in [6, 6.07) is 13.5. The van der Waals surface area contributed by atoms with Crippen molar-refractivity contribution in [1.82, 2.24) is 4.90 Å². The summed E-state index contributed by atoms with van der Waals surface area (Å²) >= 11 is 1.60. The molecule has 0 spiro atoms. The number of amides is 1. The first-order chi connectivity index (χ1) is 15.9. The van der Waals surface area contributed by atoms with E-state index < -0.39 is 18.1 Å². The van der Waals surface area contributed by atoms with Crippen LogP contribution in [0.2, 0.25) is 0 Å². The van der Waals surface area contributed by atoms with Gasteiger partial charge in [-0.05, 0) is 48.7 Å². The van der Waals surface area contributed by atoms with Crippen LogP contribution in [0.1, 0.15) is 28.4 Å². The molecule has 1 aliphatic rings. The van der Waals surface area contributed by atoms with Gasteiger partial charge in [0.25, 0.3) is 0 Å². The van der Waals surface area contributed by atoms with Crippen molar-refractivity contribution < 1.29 is 42.5 Å². The molecule has 1 unspecified atom stereocenters. The first kappa shape index (κ1) is 27.0. The Balaban J connectivity index is 0.000000509. The first-order valence-corrected chi connectivity index (χ1v) is 11.2. The number of benzene rings is 2. The minimum atomic E-state index is -5.08. The van der Waals surface area contributed by atoms with Gasteiger partial charge in [-0.2, -0.15) is 13.2 Å². The fourth-order valence-electron chi connectivity index (χ4n) is 2.99. The molecule has 0 aliphatic carbocycles. The molecule has 0 saturated carbocycles. The van der Waals surface area contributed by atoms with E-state index in [1.54, 1.807) is 16.7 Å². The summed E-state index contributed by atoms with van der Waals surface area (Å²) in [5.74, 6) is -1.31. The van der Waals surface area contributed by atoms with Crippen molar-refractivity contribution >= 4 is 29.6 Å². The Hall–Kier alpha value is -3.21. The smallest absolute Gasteiger partial charge is 0.481 e. The van der Waals surface area contributed by atoms with E-state index >= 15 is 0 Å². The van der Waals surface area contributed by atoms with E-state index in [-0.39, 0.29) is 24.1 Å². The van der Waals surface area contributed by atoms with E-state index in [9.17, 15) is 22.8 Å². The van der Waals surface area contributed by atoms with Crippen molar-refractivity contribution in [2.45, 2.75) is 31.7 Å². The van der Waals surface area contributed by atoms with Crippen LogP contribution in [0.25, 0.3) is 0 Å². The number of rotatable bonds is 6. The molecule has 3 rings (SSSR count). The van der Waals surface area contributed by atoms with Gasteiger partial charge in [0.1, 0.15) is 16.7 Å². The minimum absolute atomic E-state index is 0.0179. The highest BCUT2D eigenvalue weighted by Gasteiger charge is 2.38. The zero-order valence-corrected chi connectivity index (χ0v) is 19.3. The molecule has 1 fully saturated rings. The number of carboxylic acids is 2. The third kappa shape index (κ3) is 7.68. The predicted molar refractivity (Wildman–Crippen MR) is 120 cm³/mol. The summed E-state index contributed by atoms with van der Waals surface area (Å²) in [7, 11) is 0. The number of carbonyl (C=O) groups excluding carboxylic acids is 1. The molecule has 1 heterocycles. The Morgan fingerprint density at radius 3 is 2.29 bits per heavy atom. The largest absolute Gasteiger partial charge is 0.490 e. The number of nitrogens with zero attached hydrogens (tertiary/aromatic N) is 1. The second-order valence-corrected chi connectivity index (χ2v) is 8.60. The SMILES string of the molecule is Cc1cccc(Oc2ccc(C3SCCN(CCC(=O)O)C3=O)cc2)c1C.O=C(O)C(F)(F)F. The third-order valence-electron chi connectivity index (χ3n) is 4.99. The van der Waals surface area contributed by atoms with Gasteiger partial charge in [0.05, 0.1) is 6.42 Å². The normalized spacial score (nSPS) is 15.9. The van der Waals surface area contributed by atoms with E-state index in [4.69, 9.17) is 19.7 Å². The standard InChI is InChI=1S/C21H23NO4S.C2HF3O2/c1-14-4-3-5-18(15(14)2)26-17-8-6-16(7-9-17)20-21(25)22(12-13-27-20)11-10-19(23)24;3-2(4,5)1(6)7/h3-9,20H,10-13H2,1-2H3,(H,23,24);(H,6,7). The second kappa shape index (κ2) is 11.8. The number of thioether (sulfide) groups is 1. The van der Waals surface area contributed by atoms with Gasteiger partial charge in [-0.15, -0.1) is 11.8 Å².